The first-order chi connectivity index (χ1) is 13.2. The summed E-state index contributed by atoms with van der Waals surface area (Å²) in [4.78, 5) is 22.2. The Kier molecular flexibility index (Phi) is 5.86. The molecular formula is C21H29N5OS. The lowest BCUT2D eigenvalue weighted by Crippen LogP contribution is -2.38. The lowest BCUT2D eigenvalue weighted by atomic mass is 10.1. The van der Waals surface area contributed by atoms with Gasteiger partial charge in [0, 0.05) is 19.1 Å². The molecule has 3 rings (SSSR count). The Balaban J connectivity index is 2.07. The molecule has 2 heterocycles. The Bertz CT molecular complexity index is 1000. The van der Waals surface area contributed by atoms with Crippen LogP contribution in [0.15, 0.2) is 18.2 Å². The SMILES string of the molecule is Cc1cc(C)c2sc(N(CCN(C)C)C(=O)c3cc(C)nn3C(C)C)nc2c1. The summed E-state index contributed by atoms with van der Waals surface area (Å²) in [6.07, 6.45) is 0. The van der Waals surface area contributed by atoms with E-state index >= 15 is 0 Å². The fourth-order valence-electron chi connectivity index (χ4n) is 3.27. The molecule has 1 amide bonds. The van der Waals surface area contributed by atoms with Gasteiger partial charge in [-0.25, -0.2) is 4.98 Å². The van der Waals surface area contributed by atoms with E-state index in [1.54, 1.807) is 16.2 Å². The molecule has 0 fully saturated rings. The number of likely N-dealkylation sites (N-methyl/N-ethyl adjacent to an activating group) is 1. The van der Waals surface area contributed by atoms with E-state index in [1.165, 1.54) is 11.1 Å². The highest BCUT2D eigenvalue weighted by Crippen LogP contribution is 2.33. The second-order valence-electron chi connectivity index (χ2n) is 7.90. The first-order valence-electron chi connectivity index (χ1n) is 9.58. The van der Waals surface area contributed by atoms with Gasteiger partial charge in [0.1, 0.15) is 5.69 Å². The summed E-state index contributed by atoms with van der Waals surface area (Å²) in [7, 11) is 4.02. The van der Waals surface area contributed by atoms with Crippen molar-refractivity contribution in [3.63, 3.8) is 0 Å². The Morgan fingerprint density at radius 1 is 1.14 bits per heavy atom. The van der Waals surface area contributed by atoms with Crippen molar-refractivity contribution in [1.82, 2.24) is 19.7 Å². The molecule has 0 aliphatic carbocycles. The van der Waals surface area contributed by atoms with Crippen LogP contribution in [0.4, 0.5) is 5.13 Å². The fraction of sp³-hybridized carbons (Fsp3) is 0.476. The number of thiazole rings is 1. The van der Waals surface area contributed by atoms with Crippen molar-refractivity contribution < 1.29 is 4.79 Å². The average molecular weight is 400 g/mol. The van der Waals surface area contributed by atoms with Crippen LogP contribution in [-0.2, 0) is 0 Å². The standard InChI is InChI=1S/C21H29N5OS/c1-13(2)26-18(12-16(5)23-26)20(27)25(9-8-24(6)7)21-22-17-11-14(3)10-15(4)19(17)28-21/h10-13H,8-9H2,1-7H3. The van der Waals surface area contributed by atoms with Gasteiger partial charge in [0.05, 0.1) is 15.9 Å². The fourth-order valence-corrected chi connectivity index (χ4v) is 4.31. The summed E-state index contributed by atoms with van der Waals surface area (Å²) >= 11 is 1.58. The molecule has 28 heavy (non-hydrogen) atoms. The number of anilines is 1. The molecule has 0 N–H and O–H groups in total. The van der Waals surface area contributed by atoms with Crippen LogP contribution in [0.25, 0.3) is 10.2 Å². The third-order valence-electron chi connectivity index (χ3n) is 4.62. The van der Waals surface area contributed by atoms with Crippen molar-refractivity contribution in [2.24, 2.45) is 0 Å². The number of hydrogen-bond donors (Lipinski definition) is 0. The Morgan fingerprint density at radius 3 is 2.50 bits per heavy atom. The summed E-state index contributed by atoms with van der Waals surface area (Å²) in [6.45, 7) is 11.5. The van der Waals surface area contributed by atoms with E-state index in [0.717, 1.165) is 27.6 Å². The number of amides is 1. The molecule has 0 spiro atoms. The number of hydrogen-bond acceptors (Lipinski definition) is 5. The lowest BCUT2D eigenvalue weighted by Gasteiger charge is -2.22. The first-order valence-corrected chi connectivity index (χ1v) is 10.4. The normalized spacial score (nSPS) is 11.8. The van der Waals surface area contributed by atoms with Crippen LogP contribution >= 0.6 is 11.3 Å². The molecule has 0 aliphatic rings. The zero-order chi connectivity index (χ0) is 20.6. The molecule has 1 aromatic carbocycles. The van der Waals surface area contributed by atoms with E-state index in [-0.39, 0.29) is 11.9 Å². The van der Waals surface area contributed by atoms with Gasteiger partial charge in [0.2, 0.25) is 0 Å². The van der Waals surface area contributed by atoms with Crippen molar-refractivity contribution in [2.45, 2.75) is 40.7 Å². The third kappa shape index (κ3) is 4.10. The van der Waals surface area contributed by atoms with Crippen molar-refractivity contribution in [3.8, 4) is 0 Å². The topological polar surface area (TPSA) is 54.3 Å². The van der Waals surface area contributed by atoms with Gasteiger partial charge in [-0.3, -0.25) is 14.4 Å². The highest BCUT2D eigenvalue weighted by Gasteiger charge is 2.26. The number of carbonyl (C=O) groups is 1. The van der Waals surface area contributed by atoms with Gasteiger partial charge in [-0.2, -0.15) is 5.10 Å². The summed E-state index contributed by atoms with van der Waals surface area (Å²) < 4.78 is 2.94. The van der Waals surface area contributed by atoms with E-state index in [1.807, 2.05) is 45.6 Å². The van der Waals surface area contributed by atoms with E-state index in [4.69, 9.17) is 4.98 Å². The summed E-state index contributed by atoms with van der Waals surface area (Å²) in [5.74, 6) is -0.0513. The number of benzene rings is 1. The first kappa shape index (κ1) is 20.5. The van der Waals surface area contributed by atoms with Gasteiger partial charge in [-0.05, 0) is 72.0 Å². The molecule has 3 aromatic rings. The zero-order valence-corrected chi connectivity index (χ0v) is 18.6. The molecule has 7 heteroatoms. The van der Waals surface area contributed by atoms with Gasteiger partial charge in [-0.1, -0.05) is 17.4 Å². The van der Waals surface area contributed by atoms with E-state index in [9.17, 15) is 4.79 Å². The Hall–Kier alpha value is -2.25. The van der Waals surface area contributed by atoms with Gasteiger partial charge in [0.15, 0.2) is 5.13 Å². The molecule has 6 nitrogen and oxygen atoms in total. The summed E-state index contributed by atoms with van der Waals surface area (Å²) in [5, 5.41) is 5.25. The molecule has 2 aromatic heterocycles. The smallest absolute Gasteiger partial charge is 0.278 e. The van der Waals surface area contributed by atoms with Crippen LogP contribution in [0.5, 0.6) is 0 Å². The van der Waals surface area contributed by atoms with Crippen molar-refractivity contribution in [1.29, 1.82) is 0 Å². The number of fused-ring (bicyclic) bond motifs is 1. The molecule has 0 aliphatic heterocycles. The van der Waals surface area contributed by atoms with Gasteiger partial charge < -0.3 is 4.90 Å². The maximum Gasteiger partial charge on any atom is 0.278 e. The minimum Gasteiger partial charge on any atom is -0.308 e. The number of rotatable bonds is 6. The molecule has 0 radical (unpaired) electrons. The minimum atomic E-state index is -0.0513. The highest BCUT2D eigenvalue weighted by molar-refractivity contribution is 7.22. The third-order valence-corrected chi connectivity index (χ3v) is 5.85. The maximum atomic E-state index is 13.5. The largest absolute Gasteiger partial charge is 0.308 e. The Morgan fingerprint density at radius 2 is 1.86 bits per heavy atom. The molecule has 0 unspecified atom stereocenters. The molecule has 150 valence electrons. The second-order valence-corrected chi connectivity index (χ2v) is 8.87. The molecule has 0 bridgehead atoms. The average Bonchev–Trinajstić information content (AvgIpc) is 3.18. The van der Waals surface area contributed by atoms with Gasteiger partial charge in [-0.15, -0.1) is 0 Å². The van der Waals surface area contributed by atoms with Crippen LogP contribution in [0.1, 0.15) is 47.2 Å². The minimum absolute atomic E-state index is 0.0513. The van der Waals surface area contributed by atoms with E-state index in [0.29, 0.717) is 12.2 Å². The summed E-state index contributed by atoms with van der Waals surface area (Å²) in [5.41, 5.74) is 4.79. The second kappa shape index (κ2) is 8.01. The summed E-state index contributed by atoms with van der Waals surface area (Å²) in [6, 6.07) is 6.23. The lowest BCUT2D eigenvalue weighted by molar-refractivity contribution is 0.0973. The molecule has 0 saturated carbocycles. The van der Waals surface area contributed by atoms with Crippen LogP contribution in [0.3, 0.4) is 0 Å². The van der Waals surface area contributed by atoms with Gasteiger partial charge >= 0.3 is 0 Å². The van der Waals surface area contributed by atoms with Crippen molar-refractivity contribution in [3.05, 3.63) is 40.7 Å². The maximum absolute atomic E-state index is 13.5. The number of aromatic nitrogens is 3. The predicted octanol–water partition coefficient (Wildman–Crippen LogP) is 4.21. The molecule has 0 atom stereocenters. The van der Waals surface area contributed by atoms with Crippen molar-refractivity contribution in [2.75, 3.05) is 32.1 Å². The molecular weight excluding hydrogens is 370 g/mol. The highest BCUT2D eigenvalue weighted by atomic mass is 32.1. The number of aryl methyl sites for hydroxylation is 3. The van der Waals surface area contributed by atoms with Crippen LogP contribution in [0, 0.1) is 20.8 Å². The monoisotopic (exact) mass is 399 g/mol. The van der Waals surface area contributed by atoms with E-state index in [2.05, 4.69) is 36.0 Å². The quantitative estimate of drug-likeness (QED) is 0.623. The number of nitrogens with zero attached hydrogens (tertiary/aromatic N) is 5. The van der Waals surface area contributed by atoms with E-state index < -0.39 is 0 Å². The molecule has 0 saturated heterocycles. The van der Waals surface area contributed by atoms with Gasteiger partial charge in [0.25, 0.3) is 5.91 Å². The Labute approximate surface area is 170 Å². The van der Waals surface area contributed by atoms with Crippen LogP contribution in [0.2, 0.25) is 0 Å². The van der Waals surface area contributed by atoms with Crippen molar-refractivity contribution >= 4 is 32.6 Å². The van der Waals surface area contributed by atoms with Crippen LogP contribution in [-0.4, -0.2) is 52.8 Å². The number of carbonyl (C=O) groups excluding carboxylic acids is 1. The van der Waals surface area contributed by atoms with Crippen LogP contribution < -0.4 is 4.90 Å². The predicted molar refractivity (Wildman–Crippen MR) is 117 cm³/mol. The zero-order valence-electron chi connectivity index (χ0n) is 17.8.